The first-order valence-corrected chi connectivity index (χ1v) is 9.22. The molecule has 140 valence electrons. The van der Waals surface area contributed by atoms with E-state index in [2.05, 4.69) is 4.98 Å². The highest BCUT2D eigenvalue weighted by Crippen LogP contribution is 2.33. The van der Waals surface area contributed by atoms with Gasteiger partial charge in [0.15, 0.2) is 0 Å². The molecule has 2 aromatic heterocycles. The zero-order chi connectivity index (χ0) is 19.0. The molecule has 1 amide bonds. The molecule has 1 aliphatic rings. The van der Waals surface area contributed by atoms with Crippen molar-refractivity contribution in [3.05, 3.63) is 70.0 Å². The summed E-state index contributed by atoms with van der Waals surface area (Å²) in [5, 5.41) is 1.05. The molecule has 0 atom stereocenters. The molecule has 0 spiro atoms. The number of aryl methyl sites for hydroxylation is 1. The van der Waals surface area contributed by atoms with Crippen molar-refractivity contribution in [1.29, 1.82) is 0 Å². The molecule has 1 aliphatic heterocycles. The van der Waals surface area contributed by atoms with E-state index in [0.29, 0.717) is 19.0 Å². The number of carbonyl (C=O) groups is 1. The monoisotopic (exact) mass is 367 g/mol. The van der Waals surface area contributed by atoms with Gasteiger partial charge in [-0.1, -0.05) is 0 Å². The average Bonchev–Trinajstić information content (AvgIpc) is 3.07. The molecule has 0 bridgehead atoms. The SMILES string of the molecule is Cc1ccn(CC(=O)N2CCC(c3c[nH]c4cc(F)ccc34)CC2)c(=O)c1. The standard InChI is InChI=1S/C21H22FN3O2/c1-14-4-7-25(20(26)10-14)13-21(27)24-8-5-15(6-9-24)18-12-23-19-11-16(22)2-3-17(18)19/h2-4,7,10-12,15,23H,5-6,8-9,13H2,1H3. The van der Waals surface area contributed by atoms with Gasteiger partial charge in [0, 0.05) is 42.5 Å². The van der Waals surface area contributed by atoms with Crippen molar-refractivity contribution in [3.8, 4) is 0 Å². The van der Waals surface area contributed by atoms with Crippen LogP contribution in [-0.2, 0) is 11.3 Å². The van der Waals surface area contributed by atoms with Gasteiger partial charge < -0.3 is 14.5 Å². The fourth-order valence-electron chi connectivity index (χ4n) is 3.88. The fourth-order valence-corrected chi connectivity index (χ4v) is 3.88. The van der Waals surface area contributed by atoms with Gasteiger partial charge in [0.2, 0.25) is 5.91 Å². The number of fused-ring (bicyclic) bond motifs is 1. The number of nitrogens with one attached hydrogen (secondary N) is 1. The van der Waals surface area contributed by atoms with Gasteiger partial charge in [-0.05, 0) is 61.1 Å². The number of likely N-dealkylation sites (tertiary alicyclic amines) is 1. The van der Waals surface area contributed by atoms with Gasteiger partial charge in [-0.3, -0.25) is 9.59 Å². The van der Waals surface area contributed by atoms with Crippen LogP contribution < -0.4 is 5.56 Å². The molecule has 1 N–H and O–H groups in total. The highest BCUT2D eigenvalue weighted by atomic mass is 19.1. The van der Waals surface area contributed by atoms with Crippen LogP contribution in [0.1, 0.15) is 29.9 Å². The van der Waals surface area contributed by atoms with Crippen LogP contribution >= 0.6 is 0 Å². The molecule has 3 heterocycles. The number of amides is 1. The third-order valence-corrected chi connectivity index (χ3v) is 5.42. The Bertz CT molecular complexity index is 1050. The van der Waals surface area contributed by atoms with E-state index in [4.69, 9.17) is 0 Å². The maximum absolute atomic E-state index is 13.4. The Kier molecular flexibility index (Phi) is 4.56. The van der Waals surface area contributed by atoms with Crippen LogP contribution in [0.25, 0.3) is 10.9 Å². The summed E-state index contributed by atoms with van der Waals surface area (Å²) in [6.07, 6.45) is 5.35. The minimum atomic E-state index is -0.248. The average molecular weight is 367 g/mol. The lowest BCUT2D eigenvalue weighted by Crippen LogP contribution is -2.41. The Morgan fingerprint density at radius 3 is 2.74 bits per heavy atom. The van der Waals surface area contributed by atoms with Crippen LogP contribution in [0.15, 0.2) is 47.5 Å². The third kappa shape index (κ3) is 3.52. The van der Waals surface area contributed by atoms with Crippen molar-refractivity contribution in [2.45, 2.75) is 32.2 Å². The maximum atomic E-state index is 13.4. The van der Waals surface area contributed by atoms with E-state index in [9.17, 15) is 14.0 Å². The molecule has 0 aliphatic carbocycles. The summed E-state index contributed by atoms with van der Waals surface area (Å²) >= 11 is 0. The predicted octanol–water partition coefficient (Wildman–Crippen LogP) is 3.18. The number of aromatic amines is 1. The van der Waals surface area contributed by atoms with E-state index in [-0.39, 0.29) is 23.8 Å². The predicted molar refractivity (Wildman–Crippen MR) is 102 cm³/mol. The van der Waals surface area contributed by atoms with E-state index in [1.165, 1.54) is 22.3 Å². The summed E-state index contributed by atoms with van der Waals surface area (Å²) in [5.41, 5.74) is 2.74. The van der Waals surface area contributed by atoms with Crippen LogP contribution in [0, 0.1) is 12.7 Å². The minimum absolute atomic E-state index is 0.0274. The van der Waals surface area contributed by atoms with Crippen LogP contribution in [0.2, 0.25) is 0 Å². The molecule has 1 saturated heterocycles. The number of carbonyl (C=O) groups excluding carboxylic acids is 1. The number of hydrogen-bond donors (Lipinski definition) is 1. The lowest BCUT2D eigenvalue weighted by Gasteiger charge is -2.32. The number of halogens is 1. The molecule has 0 radical (unpaired) electrons. The summed E-state index contributed by atoms with van der Waals surface area (Å²) in [5.74, 6) is 0.0680. The first-order chi connectivity index (χ1) is 13.0. The van der Waals surface area contributed by atoms with Gasteiger partial charge in [-0.15, -0.1) is 0 Å². The summed E-state index contributed by atoms with van der Waals surface area (Å²) in [4.78, 5) is 29.5. The van der Waals surface area contributed by atoms with Crippen LogP contribution in [-0.4, -0.2) is 33.4 Å². The Balaban J connectivity index is 1.42. The molecule has 1 aromatic carbocycles. The second-order valence-corrected chi connectivity index (χ2v) is 7.26. The Morgan fingerprint density at radius 2 is 2.00 bits per heavy atom. The van der Waals surface area contributed by atoms with Gasteiger partial charge in [0.25, 0.3) is 5.56 Å². The van der Waals surface area contributed by atoms with Gasteiger partial charge in [-0.2, -0.15) is 0 Å². The Morgan fingerprint density at radius 1 is 1.22 bits per heavy atom. The third-order valence-electron chi connectivity index (χ3n) is 5.42. The fraction of sp³-hybridized carbons (Fsp3) is 0.333. The Hall–Kier alpha value is -2.89. The van der Waals surface area contributed by atoms with E-state index in [1.807, 2.05) is 30.2 Å². The highest BCUT2D eigenvalue weighted by Gasteiger charge is 2.25. The molecule has 5 nitrogen and oxygen atoms in total. The van der Waals surface area contributed by atoms with Crippen LogP contribution in [0.5, 0.6) is 0 Å². The van der Waals surface area contributed by atoms with Crippen molar-refractivity contribution in [3.63, 3.8) is 0 Å². The molecule has 6 heteroatoms. The van der Waals surface area contributed by atoms with Crippen molar-refractivity contribution in [2.24, 2.45) is 0 Å². The minimum Gasteiger partial charge on any atom is -0.361 e. The summed E-state index contributed by atoms with van der Waals surface area (Å²) in [6.45, 7) is 3.27. The lowest BCUT2D eigenvalue weighted by molar-refractivity contribution is -0.132. The summed E-state index contributed by atoms with van der Waals surface area (Å²) in [7, 11) is 0. The number of aromatic nitrogens is 2. The van der Waals surface area contributed by atoms with Crippen LogP contribution in [0.3, 0.4) is 0 Å². The molecule has 3 aromatic rings. The van der Waals surface area contributed by atoms with Crippen molar-refractivity contribution < 1.29 is 9.18 Å². The number of benzene rings is 1. The summed E-state index contributed by atoms with van der Waals surface area (Å²) in [6, 6.07) is 8.19. The van der Waals surface area contributed by atoms with Crippen LogP contribution in [0.4, 0.5) is 4.39 Å². The number of pyridine rings is 1. The maximum Gasteiger partial charge on any atom is 0.251 e. The molecule has 1 fully saturated rings. The van der Waals surface area contributed by atoms with Crippen molar-refractivity contribution in [2.75, 3.05) is 13.1 Å². The van der Waals surface area contributed by atoms with E-state index >= 15 is 0 Å². The Labute approximate surface area is 156 Å². The van der Waals surface area contributed by atoms with Crippen molar-refractivity contribution >= 4 is 16.8 Å². The smallest absolute Gasteiger partial charge is 0.251 e. The van der Waals surface area contributed by atoms with Gasteiger partial charge in [0.1, 0.15) is 12.4 Å². The molecular formula is C21H22FN3O2. The normalized spacial score (nSPS) is 15.4. The first-order valence-electron chi connectivity index (χ1n) is 9.22. The van der Waals surface area contributed by atoms with E-state index in [0.717, 1.165) is 29.3 Å². The number of piperidine rings is 1. The highest BCUT2D eigenvalue weighted by molar-refractivity contribution is 5.84. The lowest BCUT2D eigenvalue weighted by atomic mass is 9.89. The zero-order valence-electron chi connectivity index (χ0n) is 15.2. The molecule has 4 rings (SSSR count). The molecule has 0 unspecified atom stereocenters. The molecule has 0 saturated carbocycles. The molecular weight excluding hydrogens is 345 g/mol. The zero-order valence-corrected chi connectivity index (χ0v) is 15.2. The topological polar surface area (TPSA) is 58.1 Å². The van der Waals surface area contributed by atoms with E-state index < -0.39 is 0 Å². The number of H-pyrrole nitrogens is 1. The summed E-state index contributed by atoms with van der Waals surface area (Å²) < 4.78 is 14.8. The van der Waals surface area contributed by atoms with E-state index in [1.54, 1.807) is 12.3 Å². The van der Waals surface area contributed by atoms with Gasteiger partial charge in [-0.25, -0.2) is 4.39 Å². The number of nitrogens with zero attached hydrogens (tertiary/aromatic N) is 2. The number of rotatable bonds is 3. The second-order valence-electron chi connectivity index (χ2n) is 7.26. The first kappa shape index (κ1) is 17.5. The second kappa shape index (κ2) is 7.02. The van der Waals surface area contributed by atoms with Gasteiger partial charge >= 0.3 is 0 Å². The quantitative estimate of drug-likeness (QED) is 0.773. The molecule has 27 heavy (non-hydrogen) atoms. The number of hydrogen-bond acceptors (Lipinski definition) is 2. The van der Waals surface area contributed by atoms with Crippen molar-refractivity contribution in [1.82, 2.24) is 14.5 Å². The largest absolute Gasteiger partial charge is 0.361 e. The van der Waals surface area contributed by atoms with Gasteiger partial charge in [0.05, 0.1) is 0 Å².